The summed E-state index contributed by atoms with van der Waals surface area (Å²) in [6.45, 7) is 0. The Morgan fingerprint density at radius 1 is 0.885 bits per heavy atom. The second kappa shape index (κ2) is 7.15. The lowest BCUT2D eigenvalue weighted by Crippen LogP contribution is -2.35. The zero-order valence-electron chi connectivity index (χ0n) is 14.1. The highest BCUT2D eigenvalue weighted by molar-refractivity contribution is 5.98. The van der Waals surface area contributed by atoms with Gasteiger partial charge < -0.3 is 9.69 Å². The first kappa shape index (κ1) is 16.0. The Labute approximate surface area is 152 Å². The summed E-state index contributed by atoms with van der Waals surface area (Å²) >= 11 is 0. The first-order valence-electron chi connectivity index (χ1n) is 8.41. The van der Waals surface area contributed by atoms with E-state index in [1.807, 2.05) is 77.8 Å². The zero-order valence-corrected chi connectivity index (χ0v) is 14.1. The molecule has 3 heterocycles. The molecule has 0 spiro atoms. The second-order valence-corrected chi connectivity index (χ2v) is 5.96. The van der Waals surface area contributed by atoms with Crippen LogP contribution in [0.25, 0.3) is 11.1 Å². The number of benzene rings is 1. The van der Waals surface area contributed by atoms with Crippen molar-refractivity contribution < 1.29 is 4.79 Å². The van der Waals surface area contributed by atoms with Crippen molar-refractivity contribution in [3.8, 4) is 0 Å². The smallest absolute Gasteiger partial charge is 0.147 e. The first-order chi connectivity index (χ1) is 12.9. The lowest BCUT2D eigenvalue weighted by Gasteiger charge is -2.33. The van der Waals surface area contributed by atoms with Crippen molar-refractivity contribution in [2.45, 2.75) is 6.04 Å². The molecule has 0 saturated heterocycles. The van der Waals surface area contributed by atoms with Crippen LogP contribution in [0.3, 0.4) is 0 Å². The number of nitrogens with zero attached hydrogens (tertiary/aromatic N) is 3. The highest BCUT2D eigenvalue weighted by Gasteiger charge is 2.27. The number of hydrogen-bond acceptors (Lipinski definition) is 4. The lowest BCUT2D eigenvalue weighted by atomic mass is 9.92. The fourth-order valence-corrected chi connectivity index (χ4v) is 3.12. The number of carbonyl (C=O) groups excluding carboxylic acids is 1. The Bertz CT molecular complexity index is 950. The van der Waals surface area contributed by atoms with Crippen LogP contribution in [0.5, 0.6) is 0 Å². The Morgan fingerprint density at radius 3 is 2.35 bits per heavy atom. The quantitative estimate of drug-likeness (QED) is 0.674. The van der Waals surface area contributed by atoms with Crippen LogP contribution >= 0.6 is 0 Å². The molecule has 26 heavy (non-hydrogen) atoms. The Morgan fingerprint density at radius 2 is 1.65 bits per heavy atom. The number of anilines is 1. The van der Waals surface area contributed by atoms with E-state index >= 15 is 0 Å². The predicted octanol–water partition coefficient (Wildman–Crippen LogP) is 3.99. The van der Waals surface area contributed by atoms with Gasteiger partial charge in [0.1, 0.15) is 12.3 Å². The van der Waals surface area contributed by atoms with Crippen LogP contribution in [-0.4, -0.2) is 22.3 Å². The average molecular weight is 339 g/mol. The molecule has 0 N–H and O–H groups in total. The Kier molecular flexibility index (Phi) is 4.39. The number of rotatable bonds is 4. The van der Waals surface area contributed by atoms with Gasteiger partial charge in [0, 0.05) is 36.1 Å². The van der Waals surface area contributed by atoms with Gasteiger partial charge in [-0.3, -0.25) is 9.97 Å². The van der Waals surface area contributed by atoms with Gasteiger partial charge in [-0.05, 0) is 53.6 Å². The van der Waals surface area contributed by atoms with E-state index in [2.05, 4.69) is 9.97 Å². The molecular formula is C22H17N3O. The van der Waals surface area contributed by atoms with Gasteiger partial charge in [-0.1, -0.05) is 24.3 Å². The molecule has 0 saturated carbocycles. The largest absolute Gasteiger partial charge is 0.333 e. The third-order valence-electron chi connectivity index (χ3n) is 4.37. The third kappa shape index (κ3) is 3.05. The number of allylic oxidation sites excluding steroid dienone is 2. The summed E-state index contributed by atoms with van der Waals surface area (Å²) < 4.78 is 0. The maximum atomic E-state index is 12.0. The molecule has 3 aromatic rings. The third-order valence-corrected chi connectivity index (χ3v) is 4.37. The number of pyridine rings is 2. The molecule has 0 amide bonds. The van der Waals surface area contributed by atoms with Crippen molar-refractivity contribution >= 4 is 23.1 Å². The van der Waals surface area contributed by atoms with Crippen molar-refractivity contribution in [2.75, 3.05) is 4.90 Å². The molecule has 0 fully saturated rings. The number of hydrogen-bond donors (Lipinski definition) is 0. The standard InChI is InChI=1S/C22H17N3O/c26-16-22-20(17-9-12-23-13-10-17)14-18(21-8-4-5-11-24-21)15-25(22)19-6-2-1-3-7-19/h1-16,22H. The van der Waals surface area contributed by atoms with Crippen LogP contribution in [0.2, 0.25) is 0 Å². The van der Waals surface area contributed by atoms with Gasteiger partial charge in [-0.25, -0.2) is 0 Å². The van der Waals surface area contributed by atoms with Crippen molar-refractivity contribution in [3.05, 3.63) is 103 Å². The molecular weight excluding hydrogens is 322 g/mol. The summed E-state index contributed by atoms with van der Waals surface area (Å²) in [5.74, 6) is 0. The monoisotopic (exact) mass is 339 g/mol. The molecule has 1 unspecified atom stereocenters. The number of carbonyl (C=O) groups is 1. The Hall–Kier alpha value is -3.53. The van der Waals surface area contributed by atoms with Gasteiger partial charge in [0.05, 0.1) is 5.69 Å². The Balaban J connectivity index is 1.88. The number of aromatic nitrogens is 2. The zero-order chi connectivity index (χ0) is 17.8. The topological polar surface area (TPSA) is 46.1 Å². The first-order valence-corrected chi connectivity index (χ1v) is 8.41. The highest BCUT2D eigenvalue weighted by atomic mass is 16.1. The summed E-state index contributed by atoms with van der Waals surface area (Å²) in [5.41, 5.74) is 4.68. The van der Waals surface area contributed by atoms with Crippen LogP contribution in [-0.2, 0) is 4.79 Å². The van der Waals surface area contributed by atoms with Crippen LogP contribution < -0.4 is 4.90 Å². The summed E-state index contributed by atoms with van der Waals surface area (Å²) in [7, 11) is 0. The predicted molar refractivity (Wildman–Crippen MR) is 103 cm³/mol. The fourth-order valence-electron chi connectivity index (χ4n) is 3.12. The number of para-hydroxylation sites is 1. The van der Waals surface area contributed by atoms with E-state index in [0.29, 0.717) is 0 Å². The maximum Gasteiger partial charge on any atom is 0.147 e. The summed E-state index contributed by atoms with van der Waals surface area (Å²) in [4.78, 5) is 22.6. The van der Waals surface area contributed by atoms with Crippen LogP contribution in [0.1, 0.15) is 11.3 Å². The van der Waals surface area contributed by atoms with Gasteiger partial charge in [-0.15, -0.1) is 0 Å². The molecule has 1 aliphatic heterocycles. The minimum atomic E-state index is -0.410. The minimum absolute atomic E-state index is 0.410. The van der Waals surface area contributed by atoms with Gasteiger partial charge in [-0.2, -0.15) is 0 Å². The van der Waals surface area contributed by atoms with E-state index in [-0.39, 0.29) is 0 Å². The van der Waals surface area contributed by atoms with Gasteiger partial charge in [0.15, 0.2) is 0 Å². The molecule has 4 nitrogen and oxygen atoms in total. The molecule has 1 atom stereocenters. The van der Waals surface area contributed by atoms with Gasteiger partial charge in [0.2, 0.25) is 0 Å². The molecule has 0 bridgehead atoms. The minimum Gasteiger partial charge on any atom is -0.333 e. The lowest BCUT2D eigenvalue weighted by molar-refractivity contribution is -0.107. The van der Waals surface area contributed by atoms with Crippen LogP contribution in [0.15, 0.2) is 91.5 Å². The molecule has 4 rings (SSSR count). The second-order valence-electron chi connectivity index (χ2n) is 5.96. The summed E-state index contributed by atoms with van der Waals surface area (Å²) in [5, 5.41) is 0. The van der Waals surface area contributed by atoms with Crippen molar-refractivity contribution in [1.82, 2.24) is 9.97 Å². The molecule has 1 aliphatic rings. The van der Waals surface area contributed by atoms with E-state index in [9.17, 15) is 4.79 Å². The molecule has 4 heteroatoms. The molecule has 0 radical (unpaired) electrons. The van der Waals surface area contributed by atoms with Gasteiger partial charge >= 0.3 is 0 Å². The molecule has 2 aromatic heterocycles. The van der Waals surface area contributed by atoms with E-state index in [4.69, 9.17) is 0 Å². The summed E-state index contributed by atoms with van der Waals surface area (Å²) in [6, 6.07) is 19.2. The van der Waals surface area contributed by atoms with Gasteiger partial charge in [0.25, 0.3) is 0 Å². The van der Waals surface area contributed by atoms with Crippen molar-refractivity contribution in [3.63, 3.8) is 0 Å². The SMILES string of the molecule is O=CC1C(c2ccncc2)=CC(c2ccccn2)=CN1c1ccccc1. The number of aldehydes is 1. The average Bonchev–Trinajstić information content (AvgIpc) is 2.74. The normalized spacial score (nSPS) is 16.6. The van der Waals surface area contributed by atoms with Crippen molar-refractivity contribution in [1.29, 1.82) is 0 Å². The molecule has 0 aliphatic carbocycles. The van der Waals surface area contributed by atoms with E-state index in [1.165, 1.54) is 0 Å². The van der Waals surface area contributed by atoms with E-state index < -0.39 is 6.04 Å². The van der Waals surface area contributed by atoms with E-state index in [0.717, 1.165) is 34.4 Å². The van der Waals surface area contributed by atoms with Crippen LogP contribution in [0.4, 0.5) is 5.69 Å². The molecule has 1 aromatic carbocycles. The maximum absolute atomic E-state index is 12.0. The summed E-state index contributed by atoms with van der Waals surface area (Å²) in [6.07, 6.45) is 10.3. The molecule has 126 valence electrons. The highest BCUT2D eigenvalue weighted by Crippen LogP contribution is 2.34. The fraction of sp³-hybridized carbons (Fsp3) is 0.0455. The van der Waals surface area contributed by atoms with Crippen molar-refractivity contribution in [2.24, 2.45) is 0 Å². The van der Waals surface area contributed by atoms with E-state index in [1.54, 1.807) is 18.6 Å². The van der Waals surface area contributed by atoms with Crippen LogP contribution in [0, 0.1) is 0 Å².